The van der Waals surface area contributed by atoms with Crippen molar-refractivity contribution in [2.24, 2.45) is 57.2 Å². The van der Waals surface area contributed by atoms with Crippen LogP contribution < -0.4 is 10.6 Å². The van der Waals surface area contributed by atoms with Crippen LogP contribution in [0.25, 0.3) is 0 Å². The van der Waals surface area contributed by atoms with Crippen molar-refractivity contribution in [3.63, 3.8) is 0 Å². The number of allylic oxidation sites excluding steroid dienone is 5. The van der Waals surface area contributed by atoms with Crippen molar-refractivity contribution in [1.29, 1.82) is 0 Å². The fourth-order valence-corrected chi connectivity index (χ4v) is 13.5. The standard InChI is InChI=1S/C40H64N2O3/c1-26(2)29-14-19-40(42-23-22-41-24-25-43)21-20-38(6)31(34(29)40)12-13-33-37(5)17-15-30(27-8-10-28(11-9-27)35(44)45)36(3,4)32(37)16-18-39(33,38)7/h8,15,28-29,31-34,41-43H,1,9-14,16-25H2,2-7H3,(H,44,45)/t28?,29-,31+,32?,33?,34?,37-,38+,39+,40-/m0/s1. The molecule has 0 aromatic carbocycles. The molecule has 6 aliphatic carbocycles. The molecule has 0 bridgehead atoms. The van der Waals surface area contributed by atoms with Crippen LogP contribution in [0, 0.1) is 57.2 Å². The number of hydrogen-bond acceptors (Lipinski definition) is 4. The Morgan fingerprint density at radius 3 is 2.36 bits per heavy atom. The van der Waals surface area contributed by atoms with Gasteiger partial charge in [-0.05, 0) is 146 Å². The lowest BCUT2D eigenvalue weighted by Crippen LogP contribution is -2.68. The Kier molecular flexibility index (Phi) is 8.86. The first-order valence-corrected chi connectivity index (χ1v) is 18.6. The van der Waals surface area contributed by atoms with Gasteiger partial charge in [0.15, 0.2) is 0 Å². The Morgan fingerprint density at radius 2 is 1.69 bits per heavy atom. The highest BCUT2D eigenvalue weighted by Gasteiger charge is 2.70. The van der Waals surface area contributed by atoms with E-state index in [2.05, 4.69) is 70.9 Å². The maximum absolute atomic E-state index is 11.6. The normalized spacial score (nSPS) is 45.3. The average Bonchev–Trinajstić information content (AvgIpc) is 3.37. The van der Waals surface area contributed by atoms with E-state index in [1.807, 2.05) is 0 Å². The Morgan fingerprint density at radius 1 is 0.911 bits per heavy atom. The maximum atomic E-state index is 11.6. The molecule has 0 aromatic heterocycles. The number of aliphatic hydroxyl groups excluding tert-OH is 1. The van der Waals surface area contributed by atoms with Crippen molar-refractivity contribution in [3.8, 4) is 0 Å². The zero-order chi connectivity index (χ0) is 32.4. The number of carboxylic acid groups (broad SMARTS) is 1. The van der Waals surface area contributed by atoms with Crippen LogP contribution in [0.5, 0.6) is 0 Å². The second-order valence-corrected chi connectivity index (χ2v) is 17.8. The van der Waals surface area contributed by atoms with Crippen molar-refractivity contribution in [1.82, 2.24) is 10.6 Å². The molecule has 5 nitrogen and oxygen atoms in total. The summed E-state index contributed by atoms with van der Waals surface area (Å²) in [4.78, 5) is 11.6. The molecule has 0 amide bonds. The van der Waals surface area contributed by atoms with Gasteiger partial charge in [-0.2, -0.15) is 0 Å². The van der Waals surface area contributed by atoms with E-state index in [1.165, 1.54) is 74.5 Å². The highest BCUT2D eigenvalue weighted by molar-refractivity contribution is 5.70. The number of fused-ring (bicyclic) bond motifs is 7. The first kappa shape index (κ1) is 33.5. The molecule has 6 aliphatic rings. The third-order valence-electron chi connectivity index (χ3n) is 15.8. The summed E-state index contributed by atoms with van der Waals surface area (Å²) in [5.74, 6) is 2.54. The number of nitrogens with one attached hydrogen (secondary N) is 2. The molecule has 0 spiro atoms. The number of hydrogen-bond donors (Lipinski definition) is 4. The lowest BCUT2D eigenvalue weighted by molar-refractivity contribution is -0.221. The van der Waals surface area contributed by atoms with Crippen molar-refractivity contribution in [3.05, 3.63) is 35.5 Å². The smallest absolute Gasteiger partial charge is 0.306 e. The molecule has 0 saturated heterocycles. The van der Waals surface area contributed by atoms with Gasteiger partial charge < -0.3 is 20.8 Å². The molecule has 4 unspecified atom stereocenters. The predicted molar refractivity (Wildman–Crippen MR) is 184 cm³/mol. The summed E-state index contributed by atoms with van der Waals surface area (Å²) >= 11 is 0. The van der Waals surface area contributed by atoms with Crippen LogP contribution >= 0.6 is 0 Å². The minimum absolute atomic E-state index is 0.111. The fourth-order valence-electron chi connectivity index (χ4n) is 13.5. The quantitative estimate of drug-likeness (QED) is 0.156. The average molecular weight is 621 g/mol. The Hall–Kier alpha value is -1.43. The fraction of sp³-hybridized carbons (Fsp3) is 0.825. The van der Waals surface area contributed by atoms with Crippen LogP contribution in [-0.2, 0) is 4.79 Å². The second kappa shape index (κ2) is 11.9. The molecule has 45 heavy (non-hydrogen) atoms. The number of aliphatic hydroxyl groups is 1. The highest BCUT2D eigenvalue weighted by atomic mass is 16.4. The van der Waals surface area contributed by atoms with Gasteiger partial charge in [0.2, 0.25) is 0 Å². The maximum Gasteiger partial charge on any atom is 0.306 e. The summed E-state index contributed by atoms with van der Waals surface area (Å²) in [5.41, 5.74) is 5.66. The first-order chi connectivity index (χ1) is 21.2. The minimum atomic E-state index is -0.636. The Labute approximate surface area is 274 Å². The lowest BCUT2D eigenvalue weighted by atomic mass is 9.33. The Bertz CT molecular complexity index is 1240. The minimum Gasteiger partial charge on any atom is -0.481 e. The molecule has 0 aliphatic heterocycles. The molecule has 5 heteroatoms. The number of carboxylic acids is 1. The molecular weight excluding hydrogens is 556 g/mol. The van der Waals surface area contributed by atoms with Crippen molar-refractivity contribution in [2.45, 2.75) is 124 Å². The van der Waals surface area contributed by atoms with Gasteiger partial charge in [0.05, 0.1) is 12.5 Å². The third-order valence-corrected chi connectivity index (χ3v) is 15.8. The van der Waals surface area contributed by atoms with Gasteiger partial charge in [-0.3, -0.25) is 4.79 Å². The van der Waals surface area contributed by atoms with Gasteiger partial charge in [-0.15, -0.1) is 0 Å². The highest BCUT2D eigenvalue weighted by Crippen LogP contribution is 2.76. The molecule has 10 atom stereocenters. The van der Waals surface area contributed by atoms with Gasteiger partial charge in [0.25, 0.3) is 0 Å². The Balaban J connectivity index is 1.28. The van der Waals surface area contributed by atoms with Gasteiger partial charge in [0.1, 0.15) is 0 Å². The van der Waals surface area contributed by atoms with E-state index in [0.717, 1.165) is 37.8 Å². The largest absolute Gasteiger partial charge is 0.481 e. The van der Waals surface area contributed by atoms with E-state index in [1.54, 1.807) is 0 Å². The van der Waals surface area contributed by atoms with E-state index < -0.39 is 5.97 Å². The van der Waals surface area contributed by atoms with Crippen LogP contribution in [0.4, 0.5) is 0 Å². The lowest BCUT2D eigenvalue weighted by Gasteiger charge is -2.72. The van der Waals surface area contributed by atoms with Gasteiger partial charge in [-0.25, -0.2) is 0 Å². The van der Waals surface area contributed by atoms with E-state index in [-0.39, 0.29) is 23.5 Å². The molecule has 252 valence electrons. The first-order valence-electron chi connectivity index (χ1n) is 18.6. The summed E-state index contributed by atoms with van der Waals surface area (Å²) in [6.07, 6.45) is 18.9. The van der Waals surface area contributed by atoms with Crippen LogP contribution in [0.1, 0.15) is 119 Å². The molecule has 0 radical (unpaired) electrons. The topological polar surface area (TPSA) is 81.6 Å². The van der Waals surface area contributed by atoms with Crippen LogP contribution in [0.2, 0.25) is 0 Å². The molecule has 4 N–H and O–H groups in total. The molecule has 6 rings (SSSR count). The summed E-state index contributed by atoms with van der Waals surface area (Å²) in [6, 6.07) is 0. The zero-order valence-corrected chi connectivity index (χ0v) is 29.4. The number of rotatable bonds is 9. The van der Waals surface area contributed by atoms with Gasteiger partial charge >= 0.3 is 5.97 Å². The summed E-state index contributed by atoms with van der Waals surface area (Å²) in [7, 11) is 0. The van der Waals surface area contributed by atoms with E-state index in [0.29, 0.717) is 47.0 Å². The van der Waals surface area contributed by atoms with E-state index in [9.17, 15) is 15.0 Å². The number of carbonyl (C=O) groups is 1. The predicted octanol–water partition coefficient (Wildman–Crippen LogP) is 7.92. The van der Waals surface area contributed by atoms with E-state index >= 15 is 0 Å². The van der Waals surface area contributed by atoms with Crippen molar-refractivity contribution >= 4 is 5.97 Å². The molecule has 4 fully saturated rings. The molecule has 4 saturated carbocycles. The van der Waals surface area contributed by atoms with Crippen molar-refractivity contribution in [2.75, 3.05) is 26.2 Å². The molecule has 0 aromatic rings. The van der Waals surface area contributed by atoms with Crippen LogP contribution in [0.15, 0.2) is 35.5 Å². The van der Waals surface area contributed by atoms with Crippen molar-refractivity contribution < 1.29 is 15.0 Å². The third kappa shape index (κ3) is 5.07. The molecular formula is C40H64N2O3. The van der Waals surface area contributed by atoms with Gasteiger partial charge in [-0.1, -0.05) is 58.9 Å². The van der Waals surface area contributed by atoms with E-state index in [4.69, 9.17) is 0 Å². The van der Waals surface area contributed by atoms with Crippen LogP contribution in [-0.4, -0.2) is 48.0 Å². The molecule has 0 heterocycles. The zero-order valence-electron chi connectivity index (χ0n) is 29.4. The SMILES string of the molecule is C=C(C)[C@@H]1CC[C@]2(NCCNCCO)CC[C@]3(C)[C@H](CCC4[C@@]5(C)CC=C(C6=CCC(C(=O)O)CC6)C(C)(C)C5CC[C@]43C)C12. The summed E-state index contributed by atoms with van der Waals surface area (Å²) < 4.78 is 0. The monoisotopic (exact) mass is 620 g/mol. The van der Waals surface area contributed by atoms with Gasteiger partial charge in [0, 0.05) is 25.2 Å². The number of aliphatic carboxylic acids is 1. The van der Waals surface area contributed by atoms with Crippen LogP contribution in [0.3, 0.4) is 0 Å². The second-order valence-electron chi connectivity index (χ2n) is 17.8. The summed E-state index contributed by atoms with van der Waals surface area (Å²) in [5, 5.41) is 26.4. The summed E-state index contributed by atoms with van der Waals surface area (Å²) in [6.45, 7) is 22.8.